The first kappa shape index (κ1) is 15.1. The molecule has 1 aromatic heterocycles. The van der Waals surface area contributed by atoms with Crippen LogP contribution in [0, 0.1) is 11.7 Å². The van der Waals surface area contributed by atoms with Crippen LogP contribution in [0.4, 0.5) is 4.39 Å². The van der Waals surface area contributed by atoms with Crippen molar-refractivity contribution in [3.63, 3.8) is 0 Å². The third kappa shape index (κ3) is 2.56. The number of carbonyl (C=O) groups is 1. The molecule has 1 amide bonds. The SMILES string of the molecule is CCC1CCNC2(CC2)C1NC(=O)c1cc2cccc(F)c2s1. The molecule has 3 nitrogen and oxygen atoms in total. The molecule has 1 aromatic carbocycles. The molecule has 4 rings (SSSR count). The van der Waals surface area contributed by atoms with Crippen LogP contribution >= 0.6 is 11.3 Å². The predicted octanol–water partition coefficient (Wildman–Crippen LogP) is 3.69. The molecule has 1 saturated heterocycles. The molecule has 23 heavy (non-hydrogen) atoms. The highest BCUT2D eigenvalue weighted by Gasteiger charge is 2.53. The van der Waals surface area contributed by atoms with E-state index < -0.39 is 0 Å². The fourth-order valence-electron chi connectivity index (χ4n) is 3.90. The van der Waals surface area contributed by atoms with Gasteiger partial charge in [-0.2, -0.15) is 0 Å². The Morgan fingerprint density at radius 3 is 3.00 bits per heavy atom. The quantitative estimate of drug-likeness (QED) is 0.900. The largest absolute Gasteiger partial charge is 0.346 e. The fraction of sp³-hybridized carbons (Fsp3) is 0.500. The molecule has 1 saturated carbocycles. The summed E-state index contributed by atoms with van der Waals surface area (Å²) < 4.78 is 14.4. The van der Waals surface area contributed by atoms with E-state index in [1.807, 2.05) is 6.07 Å². The van der Waals surface area contributed by atoms with Crippen LogP contribution < -0.4 is 10.6 Å². The number of rotatable bonds is 3. The molecule has 2 aromatic rings. The van der Waals surface area contributed by atoms with Gasteiger partial charge in [0.2, 0.25) is 0 Å². The smallest absolute Gasteiger partial charge is 0.261 e. The zero-order chi connectivity index (χ0) is 16.0. The van der Waals surface area contributed by atoms with Crippen LogP contribution in [0.2, 0.25) is 0 Å². The first-order valence-corrected chi connectivity index (χ1v) is 9.18. The molecule has 0 radical (unpaired) electrons. The van der Waals surface area contributed by atoms with Crippen molar-refractivity contribution in [1.82, 2.24) is 10.6 Å². The van der Waals surface area contributed by atoms with Crippen LogP contribution in [0.3, 0.4) is 0 Å². The minimum atomic E-state index is -0.254. The summed E-state index contributed by atoms with van der Waals surface area (Å²) in [6.45, 7) is 3.24. The maximum atomic E-state index is 13.8. The lowest BCUT2D eigenvalue weighted by Gasteiger charge is -2.39. The number of hydrogen-bond acceptors (Lipinski definition) is 3. The highest BCUT2D eigenvalue weighted by molar-refractivity contribution is 7.20. The Balaban J connectivity index is 1.59. The van der Waals surface area contributed by atoms with E-state index in [4.69, 9.17) is 0 Å². The van der Waals surface area contributed by atoms with Crippen molar-refractivity contribution in [3.8, 4) is 0 Å². The topological polar surface area (TPSA) is 41.1 Å². The molecule has 2 aliphatic rings. The standard InChI is InChI=1S/C18H21FN2OS/c1-2-11-6-9-20-18(7-8-18)16(11)21-17(22)14-10-12-4-3-5-13(19)15(12)23-14/h3-5,10-11,16,20H,2,6-9H2,1H3,(H,21,22). The maximum absolute atomic E-state index is 13.8. The summed E-state index contributed by atoms with van der Waals surface area (Å²) in [5.74, 6) is 0.203. The van der Waals surface area contributed by atoms with Crippen LogP contribution in [0.15, 0.2) is 24.3 Å². The lowest BCUT2D eigenvalue weighted by molar-refractivity contribution is 0.0879. The first-order chi connectivity index (χ1) is 11.1. The molecule has 1 aliphatic carbocycles. The van der Waals surface area contributed by atoms with E-state index in [0.717, 1.165) is 37.6 Å². The van der Waals surface area contributed by atoms with Gasteiger partial charge in [-0.25, -0.2) is 4.39 Å². The van der Waals surface area contributed by atoms with E-state index in [1.165, 1.54) is 17.4 Å². The van der Waals surface area contributed by atoms with Gasteiger partial charge >= 0.3 is 0 Å². The summed E-state index contributed by atoms with van der Waals surface area (Å²) in [5.41, 5.74) is 0.108. The predicted molar refractivity (Wildman–Crippen MR) is 91.4 cm³/mol. The van der Waals surface area contributed by atoms with E-state index in [-0.39, 0.29) is 23.3 Å². The Hall–Kier alpha value is -1.46. The van der Waals surface area contributed by atoms with Crippen molar-refractivity contribution in [3.05, 3.63) is 35.0 Å². The van der Waals surface area contributed by atoms with Crippen LogP contribution in [0.1, 0.15) is 42.3 Å². The van der Waals surface area contributed by atoms with Gasteiger partial charge in [0.15, 0.2) is 0 Å². The summed E-state index contributed by atoms with van der Waals surface area (Å²) in [4.78, 5) is 13.3. The summed E-state index contributed by atoms with van der Waals surface area (Å²) >= 11 is 1.24. The number of carbonyl (C=O) groups excluding carboxylic acids is 1. The number of hydrogen-bond donors (Lipinski definition) is 2. The van der Waals surface area contributed by atoms with Gasteiger partial charge in [0.05, 0.1) is 15.6 Å². The average molecular weight is 332 g/mol. The van der Waals surface area contributed by atoms with E-state index in [0.29, 0.717) is 15.5 Å². The van der Waals surface area contributed by atoms with Crippen LogP contribution in [-0.4, -0.2) is 24.0 Å². The Morgan fingerprint density at radius 1 is 1.48 bits per heavy atom. The van der Waals surface area contributed by atoms with Crippen molar-refractivity contribution in [2.24, 2.45) is 5.92 Å². The number of halogens is 1. The average Bonchev–Trinajstić information content (AvgIpc) is 3.16. The molecule has 0 bridgehead atoms. The minimum absolute atomic E-state index is 0.0657. The van der Waals surface area contributed by atoms with Gasteiger partial charge in [-0.3, -0.25) is 4.79 Å². The number of nitrogens with one attached hydrogen (secondary N) is 2. The molecule has 5 heteroatoms. The monoisotopic (exact) mass is 332 g/mol. The Morgan fingerprint density at radius 2 is 2.30 bits per heavy atom. The molecular weight excluding hydrogens is 311 g/mol. The lowest BCUT2D eigenvalue weighted by atomic mass is 9.83. The molecule has 2 unspecified atom stereocenters. The summed E-state index contributed by atoms with van der Waals surface area (Å²) in [7, 11) is 0. The van der Waals surface area contributed by atoms with E-state index in [9.17, 15) is 9.18 Å². The zero-order valence-electron chi connectivity index (χ0n) is 13.2. The first-order valence-electron chi connectivity index (χ1n) is 8.37. The van der Waals surface area contributed by atoms with Crippen LogP contribution in [-0.2, 0) is 0 Å². The van der Waals surface area contributed by atoms with E-state index >= 15 is 0 Å². The lowest BCUT2D eigenvalue weighted by Crippen LogP contribution is -2.59. The number of amides is 1. The van der Waals surface area contributed by atoms with Gasteiger partial charge in [-0.1, -0.05) is 25.5 Å². The second-order valence-electron chi connectivity index (χ2n) is 6.76. The Bertz CT molecular complexity index is 753. The molecule has 1 spiro atoms. The number of piperidine rings is 1. The molecule has 1 aliphatic heterocycles. The second-order valence-corrected chi connectivity index (χ2v) is 7.81. The zero-order valence-corrected chi connectivity index (χ0v) is 14.0. The third-order valence-corrected chi connectivity index (χ3v) is 6.54. The van der Waals surface area contributed by atoms with Crippen molar-refractivity contribution < 1.29 is 9.18 Å². The minimum Gasteiger partial charge on any atom is -0.346 e. The van der Waals surface area contributed by atoms with Crippen LogP contribution in [0.5, 0.6) is 0 Å². The van der Waals surface area contributed by atoms with E-state index in [1.54, 1.807) is 12.1 Å². The molecule has 2 N–H and O–H groups in total. The van der Waals surface area contributed by atoms with Crippen molar-refractivity contribution in [2.45, 2.75) is 44.2 Å². The molecular formula is C18H21FN2OS. The Kier molecular flexibility index (Phi) is 3.65. The summed E-state index contributed by atoms with van der Waals surface area (Å²) in [6, 6.07) is 6.96. The van der Waals surface area contributed by atoms with Gasteiger partial charge < -0.3 is 10.6 Å². The fourth-order valence-corrected chi connectivity index (χ4v) is 4.87. The van der Waals surface area contributed by atoms with Gasteiger partial charge in [-0.15, -0.1) is 11.3 Å². The Labute approximate surface area is 139 Å². The normalized spacial score (nSPS) is 25.7. The van der Waals surface area contributed by atoms with Gasteiger partial charge in [0.1, 0.15) is 5.82 Å². The van der Waals surface area contributed by atoms with E-state index in [2.05, 4.69) is 17.6 Å². The molecule has 2 atom stereocenters. The molecule has 2 fully saturated rings. The molecule has 122 valence electrons. The van der Waals surface area contributed by atoms with Gasteiger partial charge in [0, 0.05) is 5.54 Å². The number of benzene rings is 1. The summed E-state index contributed by atoms with van der Waals surface area (Å²) in [6.07, 6.45) is 4.45. The van der Waals surface area contributed by atoms with Crippen molar-refractivity contribution >= 4 is 27.3 Å². The number of fused-ring (bicyclic) bond motifs is 1. The van der Waals surface area contributed by atoms with Crippen molar-refractivity contribution in [1.29, 1.82) is 0 Å². The maximum Gasteiger partial charge on any atom is 0.261 e. The second kappa shape index (κ2) is 5.56. The highest BCUT2D eigenvalue weighted by Crippen LogP contribution is 2.45. The summed E-state index contributed by atoms with van der Waals surface area (Å²) in [5, 5.41) is 7.66. The molecule has 2 heterocycles. The van der Waals surface area contributed by atoms with Crippen LogP contribution in [0.25, 0.3) is 10.1 Å². The van der Waals surface area contributed by atoms with Gasteiger partial charge in [-0.05, 0) is 49.2 Å². The third-order valence-electron chi connectivity index (χ3n) is 5.38. The van der Waals surface area contributed by atoms with Gasteiger partial charge in [0.25, 0.3) is 5.91 Å². The number of thiophene rings is 1. The highest BCUT2D eigenvalue weighted by atomic mass is 32.1. The van der Waals surface area contributed by atoms with Crippen molar-refractivity contribution in [2.75, 3.05) is 6.54 Å².